The van der Waals surface area contributed by atoms with E-state index >= 15 is 0 Å². The zero-order valence-electron chi connectivity index (χ0n) is 2.42. The van der Waals surface area contributed by atoms with Crippen molar-refractivity contribution in [2.45, 2.75) is 0 Å². The van der Waals surface area contributed by atoms with E-state index in [2.05, 4.69) is 0 Å². The van der Waals surface area contributed by atoms with Gasteiger partial charge in [0.05, 0.1) is 0 Å². The average Bonchev–Trinajstić information content (AvgIpc) is 0. The minimum Gasteiger partial charge on any atom is 0 e. The SMILES string of the molecule is [Ag].[Ca].[Mg].[Zn]. The van der Waals surface area contributed by atoms with E-state index in [0.717, 1.165) is 0 Å². The molecule has 4 heteroatoms. The standard InChI is InChI=1S/Ag.Ca.Mg.Zn. The van der Waals surface area contributed by atoms with Gasteiger partial charge in [-0.25, -0.2) is 0 Å². The second-order valence-corrected chi connectivity index (χ2v) is 0. The maximum absolute atomic E-state index is 0. The second kappa shape index (κ2) is 16.2. The Kier molecular flexibility index (Phi) is 106. The van der Waals surface area contributed by atoms with Crippen molar-refractivity contribution in [3.63, 3.8) is 0 Å². The third-order valence-corrected chi connectivity index (χ3v) is 0. The molecular weight excluding hydrogens is 238 g/mol. The monoisotopic (exact) mass is 235 g/mol. The Morgan fingerprint density at radius 1 is 1.00 bits per heavy atom. The maximum atomic E-state index is 0. The predicted octanol–water partition coefficient (Wildman–Crippen LogP) is -0.767. The zero-order chi connectivity index (χ0) is 0. The summed E-state index contributed by atoms with van der Waals surface area (Å²) in [5, 5.41) is 0. The van der Waals surface area contributed by atoms with Crippen molar-refractivity contribution in [3.8, 4) is 0 Å². The Balaban J connectivity index is 0. The Bertz CT molecular complexity index is 8.00. The van der Waals surface area contributed by atoms with Gasteiger partial charge in [0.15, 0.2) is 0 Å². The fourth-order valence-corrected chi connectivity index (χ4v) is 0. The quantitative estimate of drug-likeness (QED) is 0.486. The molecule has 0 spiro atoms. The molecular formula is AgCaMgZn. The van der Waals surface area contributed by atoms with Crippen molar-refractivity contribution in [1.82, 2.24) is 0 Å². The topological polar surface area (TPSA) is 0 Å². The van der Waals surface area contributed by atoms with Gasteiger partial charge in [0, 0.05) is 103 Å². The summed E-state index contributed by atoms with van der Waals surface area (Å²) in [7, 11) is 0. The van der Waals surface area contributed by atoms with Crippen molar-refractivity contribution >= 4 is 60.8 Å². The first-order valence-electron chi connectivity index (χ1n) is 0. The molecule has 4 heavy (non-hydrogen) atoms. The molecule has 0 unspecified atom stereocenters. The summed E-state index contributed by atoms with van der Waals surface area (Å²) >= 11 is 0. The predicted molar refractivity (Wildman–Crippen MR) is 11.5 cm³/mol. The normalized spacial score (nSPS) is 0. The summed E-state index contributed by atoms with van der Waals surface area (Å²) in [5.41, 5.74) is 0. The van der Waals surface area contributed by atoms with Crippen molar-refractivity contribution in [2.75, 3.05) is 0 Å². The smallest absolute Gasteiger partial charge is 0 e. The Morgan fingerprint density at radius 3 is 1.00 bits per heavy atom. The molecule has 0 atom stereocenters. The van der Waals surface area contributed by atoms with Crippen LogP contribution in [0.25, 0.3) is 0 Å². The van der Waals surface area contributed by atoms with E-state index < -0.39 is 0 Å². The molecule has 0 aliphatic heterocycles. The van der Waals surface area contributed by atoms with E-state index in [1.54, 1.807) is 0 Å². The molecule has 0 aliphatic rings. The van der Waals surface area contributed by atoms with E-state index in [-0.39, 0.29) is 103 Å². The van der Waals surface area contributed by atoms with Crippen molar-refractivity contribution in [3.05, 3.63) is 0 Å². The molecule has 0 aromatic carbocycles. The summed E-state index contributed by atoms with van der Waals surface area (Å²) in [6.07, 6.45) is 0. The van der Waals surface area contributed by atoms with Crippen LogP contribution >= 0.6 is 0 Å². The molecule has 17 valence electrons. The molecule has 0 heterocycles. The summed E-state index contributed by atoms with van der Waals surface area (Å²) in [4.78, 5) is 0. The minimum atomic E-state index is 0. The van der Waals surface area contributed by atoms with Gasteiger partial charge in [-0.05, 0) is 0 Å². The molecule has 0 fully saturated rings. The van der Waals surface area contributed by atoms with Gasteiger partial charge in [-0.2, -0.15) is 0 Å². The molecule has 0 saturated heterocycles. The minimum absolute atomic E-state index is 0. The third kappa shape index (κ3) is 9.04. The van der Waals surface area contributed by atoms with Crippen LogP contribution in [0, 0.1) is 0 Å². The Labute approximate surface area is 100 Å². The van der Waals surface area contributed by atoms with Crippen LogP contribution in [0.4, 0.5) is 0 Å². The second-order valence-electron chi connectivity index (χ2n) is 0. The van der Waals surface area contributed by atoms with Gasteiger partial charge < -0.3 is 0 Å². The molecule has 0 N–H and O–H groups in total. The van der Waals surface area contributed by atoms with Gasteiger partial charge in [-0.1, -0.05) is 0 Å². The van der Waals surface area contributed by atoms with Crippen LogP contribution < -0.4 is 0 Å². The van der Waals surface area contributed by atoms with E-state index in [0.29, 0.717) is 0 Å². The molecule has 0 saturated carbocycles. The number of rotatable bonds is 0. The number of hydrogen-bond acceptors (Lipinski definition) is 0. The molecule has 0 amide bonds. The van der Waals surface area contributed by atoms with Crippen LogP contribution in [-0.4, -0.2) is 60.8 Å². The zero-order valence-corrected chi connectivity index (χ0v) is 10.5. The van der Waals surface area contributed by atoms with Crippen LogP contribution in [0.1, 0.15) is 0 Å². The maximum Gasteiger partial charge on any atom is 0 e. The van der Waals surface area contributed by atoms with Crippen molar-refractivity contribution in [1.29, 1.82) is 0 Å². The van der Waals surface area contributed by atoms with Gasteiger partial charge in [-0.3, -0.25) is 0 Å². The van der Waals surface area contributed by atoms with Gasteiger partial charge in [0.25, 0.3) is 0 Å². The molecule has 0 aliphatic carbocycles. The van der Waals surface area contributed by atoms with Crippen molar-refractivity contribution < 1.29 is 41.9 Å². The van der Waals surface area contributed by atoms with Crippen LogP contribution in [-0.2, 0) is 41.9 Å². The van der Waals surface area contributed by atoms with E-state index in [9.17, 15) is 0 Å². The van der Waals surface area contributed by atoms with E-state index in [1.807, 2.05) is 0 Å². The van der Waals surface area contributed by atoms with Gasteiger partial charge in [0.1, 0.15) is 0 Å². The van der Waals surface area contributed by atoms with Crippen LogP contribution in [0.2, 0.25) is 0 Å². The summed E-state index contributed by atoms with van der Waals surface area (Å²) < 4.78 is 0. The fourth-order valence-electron chi connectivity index (χ4n) is 0. The third-order valence-electron chi connectivity index (χ3n) is 0. The molecule has 0 aromatic rings. The largest absolute Gasteiger partial charge is 0 e. The van der Waals surface area contributed by atoms with Gasteiger partial charge in [0.2, 0.25) is 0 Å². The van der Waals surface area contributed by atoms with Crippen LogP contribution in [0.15, 0.2) is 0 Å². The Hall–Kier alpha value is 3.39. The average molecular weight is 238 g/mol. The number of hydrogen-bond donors (Lipinski definition) is 0. The summed E-state index contributed by atoms with van der Waals surface area (Å²) in [6.45, 7) is 0. The first-order valence-corrected chi connectivity index (χ1v) is 0. The molecule has 0 aromatic heterocycles. The molecule has 0 bridgehead atoms. The van der Waals surface area contributed by atoms with Crippen molar-refractivity contribution in [2.24, 2.45) is 0 Å². The molecule has 5 radical (unpaired) electrons. The van der Waals surface area contributed by atoms with Gasteiger partial charge >= 0.3 is 0 Å². The van der Waals surface area contributed by atoms with Gasteiger partial charge in [-0.15, -0.1) is 0 Å². The van der Waals surface area contributed by atoms with E-state index in [4.69, 9.17) is 0 Å². The first kappa shape index (κ1) is 26.3. The van der Waals surface area contributed by atoms with Crippen LogP contribution in [0.3, 0.4) is 0 Å². The first-order chi connectivity index (χ1) is 0. The fraction of sp³-hybridized carbons (Fsp3) is 0. The Morgan fingerprint density at radius 2 is 1.00 bits per heavy atom. The van der Waals surface area contributed by atoms with E-state index in [1.165, 1.54) is 0 Å². The summed E-state index contributed by atoms with van der Waals surface area (Å²) in [5.74, 6) is 0. The molecule has 0 nitrogen and oxygen atoms in total. The summed E-state index contributed by atoms with van der Waals surface area (Å²) in [6, 6.07) is 0. The van der Waals surface area contributed by atoms with Crippen LogP contribution in [0.5, 0.6) is 0 Å². The molecule has 0 rings (SSSR count).